The van der Waals surface area contributed by atoms with Crippen LogP contribution in [0.3, 0.4) is 0 Å². The van der Waals surface area contributed by atoms with Crippen molar-refractivity contribution in [1.29, 1.82) is 0 Å². The minimum absolute atomic E-state index is 0.116. The van der Waals surface area contributed by atoms with Crippen LogP contribution in [0, 0.1) is 6.92 Å². The molecule has 0 aliphatic rings. The molecule has 2 rings (SSSR count). The molecule has 1 aromatic heterocycles. The number of nitrogen functional groups attached to an aromatic ring is 1. The Labute approximate surface area is 154 Å². The van der Waals surface area contributed by atoms with Crippen molar-refractivity contribution in [2.45, 2.75) is 20.8 Å². The lowest BCUT2D eigenvalue weighted by molar-refractivity contribution is 0.0772. The summed E-state index contributed by atoms with van der Waals surface area (Å²) in [6.07, 6.45) is 0. The number of hydrogen-bond donors (Lipinski definition) is 1. The van der Waals surface area contributed by atoms with Crippen LogP contribution in [0.25, 0.3) is 11.3 Å². The third-order valence-electron chi connectivity index (χ3n) is 4.06. The predicted molar refractivity (Wildman–Crippen MR) is 101 cm³/mol. The van der Waals surface area contributed by atoms with Crippen LogP contribution in [0.15, 0.2) is 24.3 Å². The summed E-state index contributed by atoms with van der Waals surface area (Å²) in [5.41, 5.74) is 8.06. The van der Waals surface area contributed by atoms with Crippen molar-refractivity contribution in [2.24, 2.45) is 0 Å². The molecule has 0 saturated heterocycles. The van der Waals surface area contributed by atoms with Crippen molar-refractivity contribution < 1.29 is 14.3 Å². The van der Waals surface area contributed by atoms with E-state index in [0.29, 0.717) is 54.6 Å². The van der Waals surface area contributed by atoms with Crippen LogP contribution >= 0.6 is 0 Å². The van der Waals surface area contributed by atoms with E-state index < -0.39 is 0 Å². The molecule has 0 unspecified atom stereocenters. The lowest BCUT2D eigenvalue weighted by Crippen LogP contribution is -2.32. The highest BCUT2D eigenvalue weighted by atomic mass is 16.5. The van der Waals surface area contributed by atoms with Crippen molar-refractivity contribution >= 4 is 11.9 Å². The van der Waals surface area contributed by atoms with Crippen LogP contribution in [-0.4, -0.2) is 54.2 Å². The summed E-state index contributed by atoms with van der Waals surface area (Å²) < 4.78 is 10.8. The van der Waals surface area contributed by atoms with Gasteiger partial charge in [-0.05, 0) is 32.9 Å². The van der Waals surface area contributed by atoms with Gasteiger partial charge >= 0.3 is 0 Å². The molecule has 0 fully saturated rings. The van der Waals surface area contributed by atoms with Crippen LogP contribution in [0.4, 0.5) is 5.95 Å². The Balaban J connectivity index is 2.58. The largest absolute Gasteiger partial charge is 0.490 e. The number of ether oxygens (including phenoxy) is 2. The van der Waals surface area contributed by atoms with Gasteiger partial charge in [0, 0.05) is 25.8 Å². The second-order valence-corrected chi connectivity index (χ2v) is 5.71. The Kier molecular flexibility index (Phi) is 6.91. The molecule has 0 atom stereocenters. The molecule has 0 saturated carbocycles. The fraction of sp³-hybridized carbons (Fsp3) is 0.421. The van der Waals surface area contributed by atoms with E-state index in [1.807, 2.05) is 38.1 Å². The highest BCUT2D eigenvalue weighted by Gasteiger charge is 2.24. The second kappa shape index (κ2) is 9.15. The summed E-state index contributed by atoms with van der Waals surface area (Å²) in [5, 5.41) is 0. The van der Waals surface area contributed by atoms with E-state index in [-0.39, 0.29) is 11.9 Å². The van der Waals surface area contributed by atoms with Crippen LogP contribution in [-0.2, 0) is 4.74 Å². The highest BCUT2D eigenvalue weighted by molar-refractivity contribution is 6.01. The third-order valence-corrected chi connectivity index (χ3v) is 4.06. The maximum absolute atomic E-state index is 13.0. The Morgan fingerprint density at radius 2 is 1.85 bits per heavy atom. The Morgan fingerprint density at radius 3 is 2.50 bits per heavy atom. The molecule has 0 aliphatic heterocycles. The first-order valence-corrected chi connectivity index (χ1v) is 8.67. The molecule has 0 bridgehead atoms. The minimum atomic E-state index is -0.116. The van der Waals surface area contributed by atoms with E-state index in [0.717, 1.165) is 0 Å². The Morgan fingerprint density at radius 1 is 1.15 bits per heavy atom. The first kappa shape index (κ1) is 19.7. The van der Waals surface area contributed by atoms with Crippen LogP contribution in [0.5, 0.6) is 5.75 Å². The number of nitrogens with zero attached hydrogens (tertiary/aromatic N) is 3. The van der Waals surface area contributed by atoms with Gasteiger partial charge in [-0.3, -0.25) is 4.79 Å². The van der Waals surface area contributed by atoms with E-state index in [4.69, 9.17) is 15.2 Å². The Bertz CT molecular complexity index is 760. The second-order valence-electron chi connectivity index (χ2n) is 5.71. The molecule has 140 valence electrons. The number of rotatable bonds is 8. The highest BCUT2D eigenvalue weighted by Crippen LogP contribution is 2.33. The summed E-state index contributed by atoms with van der Waals surface area (Å²) in [6.45, 7) is 7.71. The lowest BCUT2D eigenvalue weighted by atomic mass is 10.0. The molecule has 26 heavy (non-hydrogen) atoms. The van der Waals surface area contributed by atoms with E-state index in [2.05, 4.69) is 9.97 Å². The molecule has 1 aromatic carbocycles. The number of carbonyl (C=O) groups excluding carboxylic acids is 1. The number of anilines is 1. The van der Waals surface area contributed by atoms with Gasteiger partial charge in [0.25, 0.3) is 5.91 Å². The fourth-order valence-electron chi connectivity index (χ4n) is 2.74. The first-order valence-electron chi connectivity index (χ1n) is 8.67. The minimum Gasteiger partial charge on any atom is -0.490 e. The van der Waals surface area contributed by atoms with Crippen LogP contribution in [0.2, 0.25) is 0 Å². The number of benzene rings is 1. The molecular weight excluding hydrogens is 332 g/mol. The number of methoxy groups -OCH3 is 1. The third kappa shape index (κ3) is 4.29. The van der Waals surface area contributed by atoms with Gasteiger partial charge in [-0.1, -0.05) is 12.1 Å². The number of nitrogens with two attached hydrogens (primary N) is 1. The molecule has 7 nitrogen and oxygen atoms in total. The van der Waals surface area contributed by atoms with Crippen molar-refractivity contribution in [3.8, 4) is 17.0 Å². The maximum atomic E-state index is 13.0. The molecule has 2 N–H and O–H groups in total. The van der Waals surface area contributed by atoms with Gasteiger partial charge in [-0.2, -0.15) is 0 Å². The van der Waals surface area contributed by atoms with Gasteiger partial charge in [0.15, 0.2) is 0 Å². The summed E-state index contributed by atoms with van der Waals surface area (Å²) in [7, 11) is 1.62. The molecule has 2 aromatic rings. The summed E-state index contributed by atoms with van der Waals surface area (Å²) >= 11 is 0. The molecule has 0 aliphatic carbocycles. The zero-order valence-electron chi connectivity index (χ0n) is 15.8. The molecule has 7 heteroatoms. The van der Waals surface area contributed by atoms with Gasteiger partial charge in [0.2, 0.25) is 5.95 Å². The molecule has 1 heterocycles. The van der Waals surface area contributed by atoms with Gasteiger partial charge in [-0.25, -0.2) is 9.97 Å². The molecule has 1 amide bonds. The zero-order valence-corrected chi connectivity index (χ0v) is 15.8. The Hall–Kier alpha value is -2.67. The maximum Gasteiger partial charge on any atom is 0.257 e. The van der Waals surface area contributed by atoms with Gasteiger partial charge in [-0.15, -0.1) is 0 Å². The van der Waals surface area contributed by atoms with Gasteiger partial charge < -0.3 is 20.1 Å². The SMILES string of the molecule is CCN(CC)C(=O)c1c(C)nc(N)nc1-c1ccccc1OCCOC. The fourth-order valence-corrected chi connectivity index (χ4v) is 2.74. The van der Waals surface area contributed by atoms with Crippen LogP contribution in [0.1, 0.15) is 29.9 Å². The van der Waals surface area contributed by atoms with Crippen molar-refractivity contribution in [3.05, 3.63) is 35.5 Å². The van der Waals surface area contributed by atoms with Crippen molar-refractivity contribution in [1.82, 2.24) is 14.9 Å². The standard InChI is InChI=1S/C19H26N4O3/c1-5-23(6-2)18(24)16-13(3)21-19(20)22-17(16)14-9-7-8-10-15(14)26-12-11-25-4/h7-10H,5-6,11-12H2,1-4H3,(H2,20,21,22). The van der Waals surface area contributed by atoms with E-state index in [1.54, 1.807) is 18.9 Å². The van der Waals surface area contributed by atoms with E-state index in [9.17, 15) is 4.79 Å². The van der Waals surface area contributed by atoms with E-state index >= 15 is 0 Å². The van der Waals surface area contributed by atoms with Crippen molar-refractivity contribution in [2.75, 3.05) is 39.1 Å². The molecule has 0 radical (unpaired) electrons. The molecular formula is C19H26N4O3. The summed E-state index contributed by atoms with van der Waals surface area (Å²) in [4.78, 5) is 23.4. The average Bonchev–Trinajstić information content (AvgIpc) is 2.62. The number of aromatic nitrogens is 2. The zero-order chi connectivity index (χ0) is 19.1. The van der Waals surface area contributed by atoms with Crippen LogP contribution < -0.4 is 10.5 Å². The number of hydrogen-bond acceptors (Lipinski definition) is 6. The number of aryl methyl sites for hydroxylation is 1. The normalized spacial score (nSPS) is 10.6. The summed E-state index contributed by atoms with van der Waals surface area (Å²) in [5.74, 6) is 0.630. The van der Waals surface area contributed by atoms with Gasteiger partial charge in [0.1, 0.15) is 12.4 Å². The monoisotopic (exact) mass is 358 g/mol. The average molecular weight is 358 g/mol. The predicted octanol–water partition coefficient (Wildman–Crippen LogP) is 2.54. The topological polar surface area (TPSA) is 90.6 Å². The number of amides is 1. The molecule has 0 spiro atoms. The lowest BCUT2D eigenvalue weighted by Gasteiger charge is -2.22. The smallest absolute Gasteiger partial charge is 0.257 e. The number of para-hydroxylation sites is 1. The van der Waals surface area contributed by atoms with Gasteiger partial charge in [0.05, 0.1) is 23.6 Å². The number of carbonyl (C=O) groups is 1. The first-order chi connectivity index (χ1) is 12.5. The summed E-state index contributed by atoms with van der Waals surface area (Å²) in [6, 6.07) is 7.44. The quantitative estimate of drug-likeness (QED) is 0.729. The van der Waals surface area contributed by atoms with Crippen molar-refractivity contribution in [3.63, 3.8) is 0 Å². The van der Waals surface area contributed by atoms with E-state index in [1.165, 1.54) is 0 Å².